The van der Waals surface area contributed by atoms with E-state index < -0.39 is 11.6 Å². The fourth-order valence-corrected chi connectivity index (χ4v) is 3.30. The molecule has 1 heterocycles. The Kier molecular flexibility index (Phi) is 5.78. The molecule has 5 nitrogen and oxygen atoms in total. The standard InChI is InChI=1S/C20H21F2NO4/c1-25-14-6-8-18(26-2)15(11-14)17-4-3-9-23(17)20(24)12-27-19-7-5-13(21)10-16(19)22/h5-8,10-11,17H,3-4,9,12H2,1-2H3. The van der Waals surface area contributed by atoms with Crippen molar-refractivity contribution in [1.29, 1.82) is 0 Å². The summed E-state index contributed by atoms with van der Waals surface area (Å²) < 4.78 is 42.6. The summed E-state index contributed by atoms with van der Waals surface area (Å²) in [6, 6.07) is 8.26. The molecule has 144 valence electrons. The van der Waals surface area contributed by atoms with E-state index in [2.05, 4.69) is 0 Å². The molecule has 1 unspecified atom stereocenters. The maximum atomic E-state index is 13.7. The molecule has 1 atom stereocenters. The van der Waals surface area contributed by atoms with Crippen molar-refractivity contribution < 1.29 is 27.8 Å². The van der Waals surface area contributed by atoms with Crippen molar-refractivity contribution in [3.8, 4) is 17.2 Å². The SMILES string of the molecule is COc1ccc(OC)c(C2CCCN2C(=O)COc2ccc(F)cc2F)c1. The van der Waals surface area contributed by atoms with E-state index in [4.69, 9.17) is 14.2 Å². The first-order chi connectivity index (χ1) is 13.0. The number of methoxy groups -OCH3 is 2. The molecule has 1 aliphatic heterocycles. The summed E-state index contributed by atoms with van der Waals surface area (Å²) in [5.41, 5.74) is 0.857. The van der Waals surface area contributed by atoms with E-state index in [0.717, 1.165) is 30.5 Å². The van der Waals surface area contributed by atoms with Crippen LogP contribution in [0.3, 0.4) is 0 Å². The normalized spacial score (nSPS) is 16.3. The van der Waals surface area contributed by atoms with Crippen LogP contribution in [0.1, 0.15) is 24.4 Å². The number of carbonyl (C=O) groups excluding carboxylic acids is 1. The average molecular weight is 377 g/mol. The molecule has 0 aliphatic carbocycles. The number of rotatable bonds is 6. The highest BCUT2D eigenvalue weighted by Gasteiger charge is 2.32. The van der Waals surface area contributed by atoms with Gasteiger partial charge >= 0.3 is 0 Å². The first kappa shape index (κ1) is 18.9. The van der Waals surface area contributed by atoms with Gasteiger partial charge in [0.15, 0.2) is 18.2 Å². The summed E-state index contributed by atoms with van der Waals surface area (Å²) in [6.45, 7) is 0.241. The second-order valence-corrected chi connectivity index (χ2v) is 6.22. The summed E-state index contributed by atoms with van der Waals surface area (Å²) in [6.07, 6.45) is 1.61. The number of benzene rings is 2. The first-order valence-electron chi connectivity index (χ1n) is 8.62. The summed E-state index contributed by atoms with van der Waals surface area (Å²) >= 11 is 0. The van der Waals surface area contributed by atoms with Gasteiger partial charge in [-0.2, -0.15) is 0 Å². The minimum atomic E-state index is -0.838. The molecule has 0 N–H and O–H groups in total. The maximum Gasteiger partial charge on any atom is 0.261 e. The van der Waals surface area contributed by atoms with Crippen LogP contribution in [0.2, 0.25) is 0 Å². The maximum absolute atomic E-state index is 13.7. The number of nitrogens with zero attached hydrogens (tertiary/aromatic N) is 1. The van der Waals surface area contributed by atoms with Crippen molar-refractivity contribution in [3.63, 3.8) is 0 Å². The number of hydrogen-bond donors (Lipinski definition) is 0. The topological polar surface area (TPSA) is 48.0 Å². The van der Waals surface area contributed by atoms with Crippen LogP contribution in [0.5, 0.6) is 17.2 Å². The lowest BCUT2D eigenvalue weighted by Crippen LogP contribution is -2.34. The number of ether oxygens (including phenoxy) is 3. The van der Waals surface area contributed by atoms with E-state index >= 15 is 0 Å². The number of hydrogen-bond acceptors (Lipinski definition) is 4. The highest BCUT2D eigenvalue weighted by atomic mass is 19.1. The fourth-order valence-electron chi connectivity index (χ4n) is 3.30. The lowest BCUT2D eigenvalue weighted by molar-refractivity contribution is -0.134. The summed E-state index contributed by atoms with van der Waals surface area (Å²) in [5, 5.41) is 0. The molecule has 0 saturated carbocycles. The van der Waals surface area contributed by atoms with E-state index in [1.54, 1.807) is 31.3 Å². The van der Waals surface area contributed by atoms with Gasteiger partial charge in [-0.1, -0.05) is 0 Å². The van der Waals surface area contributed by atoms with Gasteiger partial charge in [-0.15, -0.1) is 0 Å². The van der Waals surface area contributed by atoms with Gasteiger partial charge in [0.25, 0.3) is 5.91 Å². The van der Waals surface area contributed by atoms with E-state index in [0.29, 0.717) is 18.0 Å². The molecule has 1 saturated heterocycles. The molecule has 1 aliphatic rings. The quantitative estimate of drug-likeness (QED) is 0.770. The van der Waals surface area contributed by atoms with Gasteiger partial charge in [0, 0.05) is 18.2 Å². The number of amides is 1. The largest absolute Gasteiger partial charge is 0.497 e. The minimum Gasteiger partial charge on any atom is -0.497 e. The lowest BCUT2D eigenvalue weighted by atomic mass is 10.0. The molecule has 0 aromatic heterocycles. The second kappa shape index (κ2) is 8.24. The van der Waals surface area contributed by atoms with E-state index in [1.807, 2.05) is 6.07 Å². The van der Waals surface area contributed by atoms with Gasteiger partial charge in [0.2, 0.25) is 0 Å². The van der Waals surface area contributed by atoms with E-state index in [-0.39, 0.29) is 24.3 Å². The zero-order valence-electron chi connectivity index (χ0n) is 15.2. The van der Waals surface area contributed by atoms with E-state index in [9.17, 15) is 13.6 Å². The molecule has 7 heteroatoms. The Morgan fingerprint density at radius 2 is 1.89 bits per heavy atom. The average Bonchev–Trinajstić information content (AvgIpc) is 3.16. The molecule has 27 heavy (non-hydrogen) atoms. The Balaban J connectivity index is 1.75. The third-order valence-corrected chi connectivity index (χ3v) is 4.61. The Hall–Kier alpha value is -2.83. The molecule has 3 rings (SSSR count). The van der Waals surface area contributed by atoms with Crippen LogP contribution in [0, 0.1) is 11.6 Å². The fraction of sp³-hybridized carbons (Fsp3) is 0.350. The Morgan fingerprint density at radius 1 is 1.11 bits per heavy atom. The van der Waals surface area contributed by atoms with Crippen LogP contribution in [0.4, 0.5) is 8.78 Å². The highest BCUT2D eigenvalue weighted by Crippen LogP contribution is 2.39. The van der Waals surface area contributed by atoms with Crippen molar-refractivity contribution >= 4 is 5.91 Å². The smallest absolute Gasteiger partial charge is 0.261 e. The zero-order valence-corrected chi connectivity index (χ0v) is 15.2. The third kappa shape index (κ3) is 4.13. The molecular weight excluding hydrogens is 356 g/mol. The predicted molar refractivity (Wildman–Crippen MR) is 95.1 cm³/mol. The van der Waals surface area contributed by atoms with Gasteiger partial charge in [0.1, 0.15) is 17.3 Å². The predicted octanol–water partition coefficient (Wildman–Crippen LogP) is 3.72. The Bertz CT molecular complexity index is 828. The van der Waals surface area contributed by atoms with Gasteiger partial charge in [-0.3, -0.25) is 4.79 Å². The Morgan fingerprint density at radius 3 is 2.59 bits per heavy atom. The van der Waals surface area contributed by atoms with Crippen molar-refractivity contribution in [1.82, 2.24) is 4.90 Å². The van der Waals surface area contributed by atoms with Gasteiger partial charge in [-0.05, 0) is 43.2 Å². The van der Waals surface area contributed by atoms with Crippen LogP contribution < -0.4 is 14.2 Å². The third-order valence-electron chi connectivity index (χ3n) is 4.61. The summed E-state index contributed by atoms with van der Waals surface area (Å²) in [4.78, 5) is 14.4. The molecule has 0 radical (unpaired) electrons. The van der Waals surface area contributed by atoms with Gasteiger partial charge < -0.3 is 19.1 Å². The monoisotopic (exact) mass is 377 g/mol. The molecule has 2 aromatic rings. The van der Waals surface area contributed by atoms with Crippen LogP contribution in [-0.4, -0.2) is 38.2 Å². The van der Waals surface area contributed by atoms with Crippen molar-refractivity contribution in [2.45, 2.75) is 18.9 Å². The number of carbonyl (C=O) groups is 1. The van der Waals surface area contributed by atoms with Crippen LogP contribution in [0.25, 0.3) is 0 Å². The van der Waals surface area contributed by atoms with Crippen molar-refractivity contribution in [2.24, 2.45) is 0 Å². The van der Waals surface area contributed by atoms with Crippen LogP contribution >= 0.6 is 0 Å². The van der Waals surface area contributed by atoms with E-state index in [1.165, 1.54) is 6.07 Å². The summed E-state index contributed by atoms with van der Waals surface area (Å²) in [7, 11) is 3.15. The van der Waals surface area contributed by atoms with Crippen molar-refractivity contribution in [2.75, 3.05) is 27.4 Å². The van der Waals surface area contributed by atoms with Crippen LogP contribution in [0.15, 0.2) is 36.4 Å². The molecule has 1 amide bonds. The van der Waals surface area contributed by atoms with Gasteiger partial charge in [0.05, 0.1) is 20.3 Å². The highest BCUT2D eigenvalue weighted by molar-refractivity contribution is 5.78. The summed E-state index contributed by atoms with van der Waals surface area (Å²) in [5.74, 6) is -0.613. The molecule has 0 bridgehead atoms. The minimum absolute atomic E-state index is 0.153. The zero-order chi connectivity index (χ0) is 19.4. The first-order valence-corrected chi connectivity index (χ1v) is 8.62. The van der Waals surface area contributed by atoms with Crippen molar-refractivity contribution in [3.05, 3.63) is 53.6 Å². The lowest BCUT2D eigenvalue weighted by Gasteiger charge is -2.26. The van der Waals surface area contributed by atoms with Gasteiger partial charge in [-0.25, -0.2) is 8.78 Å². The molecule has 2 aromatic carbocycles. The Labute approximate surface area is 156 Å². The molecular formula is C20H21F2NO4. The molecule has 0 spiro atoms. The number of likely N-dealkylation sites (tertiary alicyclic amines) is 1. The number of halogens is 2. The second-order valence-electron chi connectivity index (χ2n) is 6.22. The van der Waals surface area contributed by atoms with Crippen LogP contribution in [-0.2, 0) is 4.79 Å². The molecule has 1 fully saturated rings.